The Balaban J connectivity index is 0.00000392. The van der Waals surface area contributed by atoms with Crippen LogP contribution in [0.4, 0.5) is 0 Å². The number of halogens is 1. The molecule has 0 spiro atoms. The van der Waals surface area contributed by atoms with Crippen molar-refractivity contribution in [1.29, 1.82) is 0 Å². The Bertz CT molecular complexity index is 878. The van der Waals surface area contributed by atoms with Crippen molar-refractivity contribution >= 4 is 51.3 Å². The first-order valence-electron chi connectivity index (χ1n) is 8.77. The van der Waals surface area contributed by atoms with Gasteiger partial charge in [0, 0.05) is 11.4 Å². The van der Waals surface area contributed by atoms with Crippen molar-refractivity contribution in [2.24, 2.45) is 4.99 Å². The van der Waals surface area contributed by atoms with E-state index in [-0.39, 0.29) is 29.7 Å². The molecule has 0 aliphatic rings. The minimum Gasteiger partial charge on any atom is -0.357 e. The molecule has 156 valence electrons. The Labute approximate surface area is 188 Å². The van der Waals surface area contributed by atoms with Crippen LogP contribution in [0.3, 0.4) is 0 Å². The van der Waals surface area contributed by atoms with Gasteiger partial charge in [0.2, 0.25) is 10.0 Å². The molecule has 1 aromatic heterocycles. The molecule has 0 atom stereocenters. The molecule has 0 saturated carbocycles. The van der Waals surface area contributed by atoms with Crippen LogP contribution in [0.2, 0.25) is 0 Å². The lowest BCUT2D eigenvalue weighted by atomic mass is 10.1. The number of aliphatic imine (C=N–C) groups is 1. The molecule has 0 aliphatic heterocycles. The van der Waals surface area contributed by atoms with Gasteiger partial charge in [-0.25, -0.2) is 23.1 Å². The Morgan fingerprint density at radius 3 is 2.54 bits per heavy atom. The van der Waals surface area contributed by atoms with Gasteiger partial charge in [-0.3, -0.25) is 0 Å². The van der Waals surface area contributed by atoms with Crippen LogP contribution < -0.4 is 15.4 Å². The predicted molar refractivity (Wildman–Crippen MR) is 127 cm³/mol. The van der Waals surface area contributed by atoms with Gasteiger partial charge in [-0.05, 0) is 38.9 Å². The number of hydrogen-bond acceptors (Lipinski definition) is 5. The van der Waals surface area contributed by atoms with Crippen molar-refractivity contribution < 1.29 is 8.42 Å². The first kappa shape index (κ1) is 24.8. The number of thiazole rings is 1. The molecule has 7 nitrogen and oxygen atoms in total. The summed E-state index contributed by atoms with van der Waals surface area (Å²) in [5.41, 5.74) is 2.76. The molecular formula is C18H28IN5O2S2. The van der Waals surface area contributed by atoms with E-state index >= 15 is 0 Å². The molecular weight excluding hydrogens is 509 g/mol. The number of rotatable bonds is 8. The number of hydrogen-bond donors (Lipinski definition) is 3. The zero-order valence-electron chi connectivity index (χ0n) is 16.6. The summed E-state index contributed by atoms with van der Waals surface area (Å²) in [6, 6.07) is 7.47. The highest BCUT2D eigenvalue weighted by Gasteiger charge is 2.09. The molecule has 3 N–H and O–H groups in total. The van der Waals surface area contributed by atoms with Crippen LogP contribution in [0.1, 0.15) is 33.6 Å². The van der Waals surface area contributed by atoms with Crippen LogP contribution in [0.5, 0.6) is 0 Å². The Morgan fingerprint density at radius 1 is 1.21 bits per heavy atom. The molecule has 0 radical (unpaired) electrons. The largest absolute Gasteiger partial charge is 0.357 e. The van der Waals surface area contributed by atoms with Crippen LogP contribution in [0, 0.1) is 13.8 Å². The second-order valence-electron chi connectivity index (χ2n) is 6.08. The number of guanidine groups is 1. The second-order valence-corrected chi connectivity index (χ2v) is 9.30. The molecule has 0 fully saturated rings. The minimum atomic E-state index is -3.29. The van der Waals surface area contributed by atoms with Crippen LogP contribution in [-0.4, -0.2) is 33.0 Å². The number of aryl methyl sites for hydroxylation is 2. The molecule has 0 aliphatic carbocycles. The van der Waals surface area contributed by atoms with Crippen molar-refractivity contribution in [3.8, 4) is 0 Å². The van der Waals surface area contributed by atoms with Gasteiger partial charge in [0.25, 0.3) is 0 Å². The third-order valence-corrected chi connectivity index (χ3v) is 6.31. The van der Waals surface area contributed by atoms with Crippen molar-refractivity contribution in [3.63, 3.8) is 0 Å². The minimum absolute atomic E-state index is 0. The molecule has 10 heteroatoms. The summed E-state index contributed by atoms with van der Waals surface area (Å²) in [6.07, 6.45) is 0. The normalized spacial score (nSPS) is 11.8. The average molecular weight is 537 g/mol. The molecule has 0 saturated heterocycles. The van der Waals surface area contributed by atoms with Crippen molar-refractivity contribution in [3.05, 3.63) is 51.0 Å². The number of benzene rings is 1. The van der Waals surface area contributed by atoms with E-state index in [1.54, 1.807) is 17.4 Å². The highest BCUT2D eigenvalue weighted by atomic mass is 127. The van der Waals surface area contributed by atoms with E-state index < -0.39 is 10.0 Å². The number of nitrogens with zero attached hydrogens (tertiary/aromatic N) is 2. The van der Waals surface area contributed by atoms with Crippen LogP contribution >= 0.6 is 35.3 Å². The summed E-state index contributed by atoms with van der Waals surface area (Å²) in [7, 11) is -1.87. The standard InChI is InChI=1S/C18H27N5O2S2.HI/c1-5-20-18(22-11-17-23-13(2)14(3)26-17)21-10-15-7-6-8-16(9-15)12-27(24,25)19-4;/h6-9,19H,5,10-12H2,1-4H3,(H2,20,21,22);1H. The SMILES string of the molecule is CCNC(=NCc1cccc(CS(=O)(=O)NC)c1)NCc1nc(C)c(C)s1.I. The smallest absolute Gasteiger partial charge is 0.215 e. The summed E-state index contributed by atoms with van der Waals surface area (Å²) in [5.74, 6) is 0.665. The van der Waals surface area contributed by atoms with E-state index in [1.807, 2.05) is 32.0 Å². The van der Waals surface area contributed by atoms with Crippen LogP contribution in [0.15, 0.2) is 29.3 Å². The quantitative estimate of drug-likeness (QED) is 0.274. The maximum atomic E-state index is 11.7. The van der Waals surface area contributed by atoms with Gasteiger partial charge in [-0.15, -0.1) is 35.3 Å². The summed E-state index contributed by atoms with van der Waals surface area (Å²) < 4.78 is 25.8. The fraction of sp³-hybridized carbons (Fsp3) is 0.444. The number of nitrogens with one attached hydrogen (secondary N) is 3. The third kappa shape index (κ3) is 8.02. The van der Waals surface area contributed by atoms with E-state index in [2.05, 4.69) is 32.3 Å². The van der Waals surface area contributed by atoms with E-state index in [4.69, 9.17) is 0 Å². The van der Waals surface area contributed by atoms with Gasteiger partial charge in [-0.1, -0.05) is 24.3 Å². The maximum absolute atomic E-state index is 11.7. The van der Waals surface area contributed by atoms with Gasteiger partial charge < -0.3 is 10.6 Å². The van der Waals surface area contributed by atoms with Crippen molar-refractivity contribution in [1.82, 2.24) is 20.3 Å². The lowest BCUT2D eigenvalue weighted by molar-refractivity contribution is 0.587. The Kier molecular flexibility index (Phi) is 10.4. The zero-order valence-corrected chi connectivity index (χ0v) is 20.5. The summed E-state index contributed by atoms with van der Waals surface area (Å²) in [4.78, 5) is 10.3. The first-order chi connectivity index (χ1) is 12.8. The molecule has 2 aromatic rings. The summed E-state index contributed by atoms with van der Waals surface area (Å²) >= 11 is 1.68. The molecule has 1 heterocycles. The lowest BCUT2D eigenvalue weighted by Gasteiger charge is -2.10. The van der Waals surface area contributed by atoms with E-state index in [0.29, 0.717) is 19.0 Å². The Hall–Kier alpha value is -1.24. The van der Waals surface area contributed by atoms with Crippen LogP contribution in [-0.2, 0) is 28.9 Å². The van der Waals surface area contributed by atoms with Gasteiger partial charge in [0.1, 0.15) is 5.01 Å². The molecule has 0 unspecified atom stereocenters. The van der Waals surface area contributed by atoms with E-state index in [0.717, 1.165) is 28.4 Å². The van der Waals surface area contributed by atoms with Crippen molar-refractivity contribution in [2.75, 3.05) is 13.6 Å². The second kappa shape index (κ2) is 11.7. The topological polar surface area (TPSA) is 95.5 Å². The average Bonchev–Trinajstić information content (AvgIpc) is 2.95. The van der Waals surface area contributed by atoms with Gasteiger partial charge in [0.15, 0.2) is 5.96 Å². The van der Waals surface area contributed by atoms with Gasteiger partial charge in [0.05, 0.1) is 24.5 Å². The monoisotopic (exact) mass is 537 g/mol. The van der Waals surface area contributed by atoms with E-state index in [1.165, 1.54) is 11.9 Å². The zero-order chi connectivity index (χ0) is 19.9. The fourth-order valence-corrected chi connectivity index (χ4v) is 4.03. The molecule has 28 heavy (non-hydrogen) atoms. The van der Waals surface area contributed by atoms with Gasteiger partial charge >= 0.3 is 0 Å². The molecule has 1 aromatic carbocycles. The van der Waals surface area contributed by atoms with Crippen LogP contribution in [0.25, 0.3) is 0 Å². The van der Waals surface area contributed by atoms with Gasteiger partial charge in [-0.2, -0.15) is 0 Å². The molecule has 0 bridgehead atoms. The highest BCUT2D eigenvalue weighted by molar-refractivity contribution is 14.0. The number of aromatic nitrogens is 1. The molecule has 2 rings (SSSR count). The molecule has 0 amide bonds. The maximum Gasteiger partial charge on any atom is 0.215 e. The Morgan fingerprint density at radius 2 is 1.93 bits per heavy atom. The summed E-state index contributed by atoms with van der Waals surface area (Å²) in [6.45, 7) is 7.91. The first-order valence-corrected chi connectivity index (χ1v) is 11.2. The van der Waals surface area contributed by atoms with Crippen molar-refractivity contribution in [2.45, 2.75) is 39.6 Å². The van der Waals surface area contributed by atoms with E-state index in [9.17, 15) is 8.42 Å². The third-order valence-electron chi connectivity index (χ3n) is 3.90. The lowest BCUT2D eigenvalue weighted by Crippen LogP contribution is -2.36. The number of sulfonamides is 1. The fourth-order valence-electron chi connectivity index (χ4n) is 2.40. The predicted octanol–water partition coefficient (Wildman–Crippen LogP) is 2.68. The summed E-state index contributed by atoms with van der Waals surface area (Å²) in [5, 5.41) is 7.53. The highest BCUT2D eigenvalue weighted by Crippen LogP contribution is 2.16.